The monoisotopic (exact) mass is 281 g/mol. The highest BCUT2D eigenvalue weighted by atomic mass is 32.1. The van der Waals surface area contributed by atoms with E-state index in [1.54, 1.807) is 0 Å². The summed E-state index contributed by atoms with van der Waals surface area (Å²) < 4.78 is 0. The quantitative estimate of drug-likeness (QED) is 0.911. The van der Waals surface area contributed by atoms with Gasteiger partial charge in [0.15, 0.2) is 5.13 Å². The lowest BCUT2D eigenvalue weighted by Crippen LogP contribution is -2.38. The van der Waals surface area contributed by atoms with Gasteiger partial charge in [0, 0.05) is 24.0 Å². The summed E-state index contributed by atoms with van der Waals surface area (Å²) in [6.45, 7) is 11.4. The maximum Gasteiger partial charge on any atom is 0.185 e. The first kappa shape index (κ1) is 14.8. The molecule has 0 aliphatic carbocycles. The summed E-state index contributed by atoms with van der Waals surface area (Å²) in [5, 5.41) is 4.53. The normalized spacial score (nSPS) is 20.6. The number of aryl methyl sites for hydroxylation is 1. The Morgan fingerprint density at radius 1 is 1.42 bits per heavy atom. The fourth-order valence-electron chi connectivity index (χ4n) is 2.65. The minimum atomic E-state index is 0.400. The van der Waals surface area contributed by atoms with Crippen molar-refractivity contribution in [3.05, 3.63) is 10.6 Å². The topological polar surface area (TPSA) is 28.2 Å². The molecule has 1 aromatic rings. The van der Waals surface area contributed by atoms with E-state index in [1.165, 1.54) is 35.0 Å². The molecule has 0 amide bonds. The number of anilines is 1. The van der Waals surface area contributed by atoms with Crippen molar-refractivity contribution in [1.29, 1.82) is 0 Å². The summed E-state index contributed by atoms with van der Waals surface area (Å²) in [5.74, 6) is 0. The van der Waals surface area contributed by atoms with Crippen LogP contribution in [-0.2, 0) is 0 Å². The van der Waals surface area contributed by atoms with Crippen LogP contribution in [0.4, 0.5) is 5.13 Å². The van der Waals surface area contributed by atoms with E-state index in [2.05, 4.69) is 37.9 Å². The van der Waals surface area contributed by atoms with Crippen LogP contribution in [0, 0.1) is 12.3 Å². The van der Waals surface area contributed by atoms with E-state index in [9.17, 15) is 0 Å². The zero-order valence-electron chi connectivity index (χ0n) is 12.9. The molecular weight excluding hydrogens is 254 g/mol. The minimum Gasteiger partial charge on any atom is -0.348 e. The summed E-state index contributed by atoms with van der Waals surface area (Å²) in [4.78, 5) is 8.63. The van der Waals surface area contributed by atoms with Gasteiger partial charge in [-0.3, -0.25) is 0 Å². The number of nitrogens with zero attached hydrogens (tertiary/aromatic N) is 2. The Hall–Kier alpha value is -0.610. The lowest BCUT2D eigenvalue weighted by Gasteiger charge is -2.38. The molecule has 1 atom stereocenters. The highest BCUT2D eigenvalue weighted by Gasteiger charge is 2.29. The molecule has 0 spiro atoms. The number of nitrogens with one attached hydrogen (secondary N) is 1. The van der Waals surface area contributed by atoms with Crippen LogP contribution in [0.2, 0.25) is 0 Å². The Bertz CT molecular complexity index is 419. The smallest absolute Gasteiger partial charge is 0.185 e. The standard InChI is InChI=1S/C15H27N3S/c1-6-15(4)7-9-18(10-8-15)14-17-12(3)13(19-14)11(2)16-5/h11,16H,6-10H2,1-5H3. The van der Waals surface area contributed by atoms with Crippen molar-refractivity contribution in [3.63, 3.8) is 0 Å². The first-order valence-corrected chi connectivity index (χ1v) is 8.20. The van der Waals surface area contributed by atoms with Gasteiger partial charge in [-0.1, -0.05) is 20.3 Å². The van der Waals surface area contributed by atoms with Crippen molar-refractivity contribution in [1.82, 2.24) is 10.3 Å². The number of hydrogen-bond donors (Lipinski definition) is 1. The average molecular weight is 281 g/mol. The van der Waals surface area contributed by atoms with Gasteiger partial charge in [0.05, 0.1) is 5.69 Å². The van der Waals surface area contributed by atoms with Crippen molar-refractivity contribution in [2.75, 3.05) is 25.0 Å². The summed E-state index contributed by atoms with van der Waals surface area (Å²) in [6, 6.07) is 0.400. The second-order valence-electron chi connectivity index (χ2n) is 6.11. The third-order valence-corrected chi connectivity index (χ3v) is 6.14. The molecule has 108 valence electrons. The van der Waals surface area contributed by atoms with E-state index in [-0.39, 0.29) is 0 Å². The molecule has 2 heterocycles. The van der Waals surface area contributed by atoms with E-state index < -0.39 is 0 Å². The predicted molar refractivity (Wildman–Crippen MR) is 84.2 cm³/mol. The van der Waals surface area contributed by atoms with Gasteiger partial charge in [0.1, 0.15) is 0 Å². The lowest BCUT2D eigenvalue weighted by atomic mass is 9.78. The van der Waals surface area contributed by atoms with Crippen LogP contribution < -0.4 is 10.2 Å². The third-order valence-electron chi connectivity index (χ3n) is 4.74. The van der Waals surface area contributed by atoms with Gasteiger partial charge >= 0.3 is 0 Å². The fourth-order valence-corrected chi connectivity index (χ4v) is 3.83. The first-order valence-electron chi connectivity index (χ1n) is 7.38. The van der Waals surface area contributed by atoms with Crippen LogP contribution in [0.25, 0.3) is 0 Å². The van der Waals surface area contributed by atoms with Gasteiger partial charge in [-0.05, 0) is 39.2 Å². The number of hydrogen-bond acceptors (Lipinski definition) is 4. The van der Waals surface area contributed by atoms with Crippen LogP contribution in [0.15, 0.2) is 0 Å². The molecule has 1 aliphatic heterocycles. The van der Waals surface area contributed by atoms with Crippen LogP contribution in [0.5, 0.6) is 0 Å². The predicted octanol–water partition coefficient (Wildman–Crippen LogP) is 3.75. The SMILES string of the molecule is CCC1(C)CCN(c2nc(C)c(C(C)NC)s2)CC1. The summed E-state index contributed by atoms with van der Waals surface area (Å²) in [5.41, 5.74) is 1.73. The average Bonchev–Trinajstić information content (AvgIpc) is 2.81. The molecule has 2 rings (SSSR count). The molecular formula is C15H27N3S. The van der Waals surface area contributed by atoms with Crippen LogP contribution in [0.1, 0.15) is 56.6 Å². The van der Waals surface area contributed by atoms with Gasteiger partial charge in [0.2, 0.25) is 0 Å². The second kappa shape index (κ2) is 5.80. The zero-order valence-corrected chi connectivity index (χ0v) is 13.7. The maximum atomic E-state index is 4.78. The second-order valence-corrected chi connectivity index (χ2v) is 7.12. The maximum absolute atomic E-state index is 4.78. The van der Waals surface area contributed by atoms with Crippen molar-refractivity contribution in [2.24, 2.45) is 5.41 Å². The van der Waals surface area contributed by atoms with E-state index in [0.29, 0.717) is 11.5 Å². The molecule has 1 unspecified atom stereocenters. The van der Waals surface area contributed by atoms with Gasteiger partial charge in [0.25, 0.3) is 0 Å². The van der Waals surface area contributed by atoms with Crippen LogP contribution in [-0.4, -0.2) is 25.1 Å². The van der Waals surface area contributed by atoms with Crippen molar-refractivity contribution < 1.29 is 0 Å². The molecule has 1 N–H and O–H groups in total. The van der Waals surface area contributed by atoms with Crippen molar-refractivity contribution >= 4 is 16.5 Å². The fraction of sp³-hybridized carbons (Fsp3) is 0.800. The largest absolute Gasteiger partial charge is 0.348 e. The van der Waals surface area contributed by atoms with Crippen molar-refractivity contribution in [2.45, 2.75) is 53.0 Å². The number of aromatic nitrogens is 1. The van der Waals surface area contributed by atoms with Crippen molar-refractivity contribution in [3.8, 4) is 0 Å². The molecule has 0 aromatic carbocycles. The molecule has 19 heavy (non-hydrogen) atoms. The Kier molecular flexibility index (Phi) is 4.51. The Morgan fingerprint density at radius 3 is 2.58 bits per heavy atom. The number of rotatable bonds is 4. The summed E-state index contributed by atoms with van der Waals surface area (Å²) >= 11 is 1.86. The Morgan fingerprint density at radius 2 is 2.05 bits per heavy atom. The first-order chi connectivity index (χ1) is 8.99. The van der Waals surface area contributed by atoms with E-state index in [4.69, 9.17) is 4.98 Å². The summed E-state index contributed by atoms with van der Waals surface area (Å²) in [6.07, 6.45) is 3.87. The highest BCUT2D eigenvalue weighted by Crippen LogP contribution is 2.38. The number of thiazole rings is 1. The van der Waals surface area contributed by atoms with Gasteiger partial charge in [-0.2, -0.15) is 0 Å². The molecule has 1 aliphatic rings. The molecule has 4 heteroatoms. The molecule has 1 saturated heterocycles. The summed E-state index contributed by atoms with van der Waals surface area (Å²) in [7, 11) is 2.01. The third kappa shape index (κ3) is 3.11. The van der Waals surface area contributed by atoms with Crippen LogP contribution >= 0.6 is 11.3 Å². The number of piperidine rings is 1. The molecule has 1 aromatic heterocycles. The van der Waals surface area contributed by atoms with E-state index in [0.717, 1.165) is 13.1 Å². The van der Waals surface area contributed by atoms with E-state index >= 15 is 0 Å². The molecule has 0 saturated carbocycles. The molecule has 3 nitrogen and oxygen atoms in total. The molecule has 0 bridgehead atoms. The highest BCUT2D eigenvalue weighted by molar-refractivity contribution is 7.15. The molecule has 1 fully saturated rings. The Labute approximate surface area is 121 Å². The van der Waals surface area contributed by atoms with E-state index in [1.807, 2.05) is 18.4 Å². The minimum absolute atomic E-state index is 0.400. The zero-order chi connectivity index (χ0) is 14.0. The lowest BCUT2D eigenvalue weighted by molar-refractivity contribution is 0.238. The van der Waals surface area contributed by atoms with Gasteiger partial charge in [-0.15, -0.1) is 11.3 Å². The van der Waals surface area contributed by atoms with Gasteiger partial charge in [-0.25, -0.2) is 4.98 Å². The van der Waals surface area contributed by atoms with Gasteiger partial charge < -0.3 is 10.2 Å². The van der Waals surface area contributed by atoms with Crippen LogP contribution in [0.3, 0.4) is 0 Å². The Balaban J connectivity index is 2.08. The molecule has 0 radical (unpaired) electrons.